The van der Waals surface area contributed by atoms with Crippen LogP contribution in [0.3, 0.4) is 0 Å². The van der Waals surface area contributed by atoms with Gasteiger partial charge in [0.15, 0.2) is 0 Å². The summed E-state index contributed by atoms with van der Waals surface area (Å²) in [6.07, 6.45) is 1.63. The summed E-state index contributed by atoms with van der Waals surface area (Å²) in [4.78, 5) is 0. The summed E-state index contributed by atoms with van der Waals surface area (Å²) in [6, 6.07) is 7.47. The molecule has 17 heavy (non-hydrogen) atoms. The van der Waals surface area contributed by atoms with Crippen molar-refractivity contribution in [3.8, 4) is 0 Å². The summed E-state index contributed by atoms with van der Waals surface area (Å²) in [6.45, 7) is 0. The molecule has 0 fully saturated rings. The van der Waals surface area contributed by atoms with Crippen LogP contribution in [0.15, 0.2) is 34.9 Å². The second-order valence-electron chi connectivity index (χ2n) is 3.85. The van der Waals surface area contributed by atoms with Gasteiger partial charge in [0.2, 0.25) is 0 Å². The van der Waals surface area contributed by atoms with Crippen LogP contribution in [0.4, 0.5) is 0 Å². The Morgan fingerprint density at radius 1 is 1.41 bits per heavy atom. The van der Waals surface area contributed by atoms with Gasteiger partial charge in [-0.25, -0.2) is 0 Å². The van der Waals surface area contributed by atoms with Crippen LogP contribution in [0.25, 0.3) is 0 Å². The van der Waals surface area contributed by atoms with E-state index >= 15 is 0 Å². The zero-order chi connectivity index (χ0) is 12.4. The first-order valence-corrected chi connectivity index (χ1v) is 6.35. The minimum Gasteiger partial charge on any atom is -0.386 e. The molecule has 0 amide bonds. The molecule has 0 radical (unpaired) electrons. The number of aromatic nitrogens is 2. The Bertz CT molecular complexity index is 490. The van der Waals surface area contributed by atoms with E-state index in [0.29, 0.717) is 11.4 Å². The van der Waals surface area contributed by atoms with Crippen molar-refractivity contribution in [2.45, 2.75) is 12.5 Å². The molecule has 0 aliphatic carbocycles. The molecule has 0 saturated carbocycles. The summed E-state index contributed by atoms with van der Waals surface area (Å²) in [5.74, 6) is 0. The molecule has 1 N–H and O–H groups in total. The minimum atomic E-state index is -0.585. The van der Waals surface area contributed by atoms with Crippen molar-refractivity contribution in [2.75, 3.05) is 0 Å². The van der Waals surface area contributed by atoms with Crippen LogP contribution >= 0.6 is 27.5 Å². The number of hydrogen-bond donors (Lipinski definition) is 1. The number of nitrogens with zero attached hydrogens (tertiary/aromatic N) is 2. The van der Waals surface area contributed by atoms with Crippen molar-refractivity contribution in [2.24, 2.45) is 7.05 Å². The predicted molar refractivity (Wildman–Crippen MR) is 71.0 cm³/mol. The van der Waals surface area contributed by atoms with E-state index < -0.39 is 6.10 Å². The smallest absolute Gasteiger partial charge is 0.101 e. The number of aliphatic hydroxyl groups is 1. The van der Waals surface area contributed by atoms with Crippen LogP contribution in [0, 0.1) is 0 Å². The molecule has 3 nitrogen and oxygen atoms in total. The van der Waals surface area contributed by atoms with Crippen molar-refractivity contribution in [1.29, 1.82) is 0 Å². The number of hydrogen-bond acceptors (Lipinski definition) is 2. The van der Waals surface area contributed by atoms with Crippen molar-refractivity contribution in [1.82, 2.24) is 9.78 Å². The second kappa shape index (κ2) is 5.21. The molecule has 1 heterocycles. The fraction of sp³-hybridized carbons (Fsp3) is 0.250. The van der Waals surface area contributed by atoms with E-state index in [0.717, 1.165) is 15.7 Å². The van der Waals surface area contributed by atoms with Gasteiger partial charge in [-0.2, -0.15) is 5.10 Å². The van der Waals surface area contributed by atoms with Crippen LogP contribution in [-0.4, -0.2) is 14.9 Å². The molecule has 1 atom stereocenters. The average Bonchev–Trinajstić information content (AvgIpc) is 2.62. The normalized spacial score (nSPS) is 12.7. The number of aliphatic hydroxyl groups excluding tert-OH is 1. The van der Waals surface area contributed by atoms with E-state index in [4.69, 9.17) is 11.6 Å². The molecule has 0 spiro atoms. The van der Waals surface area contributed by atoms with E-state index in [2.05, 4.69) is 21.0 Å². The van der Waals surface area contributed by atoms with Crippen molar-refractivity contribution >= 4 is 27.5 Å². The zero-order valence-corrected chi connectivity index (χ0v) is 11.6. The maximum atomic E-state index is 10.2. The average molecular weight is 316 g/mol. The Balaban J connectivity index is 2.17. The highest BCUT2D eigenvalue weighted by Gasteiger charge is 2.16. The molecule has 2 aromatic rings. The number of aryl methyl sites for hydroxylation is 1. The molecular weight excluding hydrogens is 304 g/mol. The van der Waals surface area contributed by atoms with Gasteiger partial charge in [-0.05, 0) is 33.6 Å². The molecule has 1 unspecified atom stereocenters. The van der Waals surface area contributed by atoms with Crippen molar-refractivity contribution in [3.63, 3.8) is 0 Å². The molecule has 1 aromatic carbocycles. The largest absolute Gasteiger partial charge is 0.386 e. The SMILES string of the molecule is Cn1ncc(Br)c1C(O)Cc1ccc(Cl)cc1. The van der Waals surface area contributed by atoms with Gasteiger partial charge >= 0.3 is 0 Å². The Morgan fingerprint density at radius 2 is 2.06 bits per heavy atom. The number of halogens is 2. The lowest BCUT2D eigenvalue weighted by Crippen LogP contribution is -2.08. The highest BCUT2D eigenvalue weighted by atomic mass is 79.9. The van der Waals surface area contributed by atoms with Crippen molar-refractivity contribution in [3.05, 3.63) is 51.2 Å². The van der Waals surface area contributed by atoms with Gasteiger partial charge in [-0.3, -0.25) is 4.68 Å². The first-order valence-electron chi connectivity index (χ1n) is 5.18. The Morgan fingerprint density at radius 3 is 2.59 bits per heavy atom. The van der Waals surface area contributed by atoms with E-state index in [1.54, 1.807) is 10.9 Å². The molecule has 2 rings (SSSR count). The topological polar surface area (TPSA) is 38.0 Å². The quantitative estimate of drug-likeness (QED) is 0.945. The van der Waals surface area contributed by atoms with Crippen LogP contribution in [0.5, 0.6) is 0 Å². The number of rotatable bonds is 3. The van der Waals surface area contributed by atoms with Gasteiger partial charge in [0.1, 0.15) is 6.10 Å². The van der Waals surface area contributed by atoms with Gasteiger partial charge < -0.3 is 5.11 Å². The Kier molecular flexibility index (Phi) is 3.86. The maximum Gasteiger partial charge on any atom is 0.101 e. The molecule has 5 heteroatoms. The van der Waals surface area contributed by atoms with Crippen LogP contribution in [-0.2, 0) is 13.5 Å². The minimum absolute atomic E-state index is 0.537. The van der Waals surface area contributed by atoms with Gasteiger partial charge in [0, 0.05) is 18.5 Å². The second-order valence-corrected chi connectivity index (χ2v) is 5.14. The van der Waals surface area contributed by atoms with Crippen LogP contribution in [0.2, 0.25) is 5.02 Å². The van der Waals surface area contributed by atoms with Gasteiger partial charge in [0.25, 0.3) is 0 Å². The van der Waals surface area contributed by atoms with Crippen LogP contribution < -0.4 is 0 Å². The van der Waals surface area contributed by atoms with Gasteiger partial charge in [-0.1, -0.05) is 23.7 Å². The van der Waals surface area contributed by atoms with Gasteiger partial charge in [-0.15, -0.1) is 0 Å². The molecule has 90 valence electrons. The molecule has 0 saturated heterocycles. The third-order valence-corrected chi connectivity index (χ3v) is 3.46. The first-order chi connectivity index (χ1) is 8.08. The van der Waals surface area contributed by atoms with E-state index in [1.165, 1.54) is 0 Å². The standard InChI is InChI=1S/C12H12BrClN2O/c1-16-12(10(13)7-15-16)11(17)6-8-2-4-9(14)5-3-8/h2-5,7,11,17H,6H2,1H3. The molecule has 0 bridgehead atoms. The monoisotopic (exact) mass is 314 g/mol. The predicted octanol–water partition coefficient (Wildman–Crippen LogP) is 3.11. The van der Waals surface area contributed by atoms with E-state index in [-0.39, 0.29) is 0 Å². The third-order valence-electron chi connectivity index (χ3n) is 2.60. The molecule has 1 aromatic heterocycles. The van der Waals surface area contributed by atoms with E-state index in [1.807, 2.05) is 31.3 Å². The summed E-state index contributed by atoms with van der Waals surface area (Å²) < 4.78 is 2.49. The molecular formula is C12H12BrClN2O. The summed E-state index contributed by atoms with van der Waals surface area (Å²) in [5.41, 5.74) is 1.81. The highest BCUT2D eigenvalue weighted by Crippen LogP contribution is 2.25. The summed E-state index contributed by atoms with van der Waals surface area (Å²) >= 11 is 9.19. The third kappa shape index (κ3) is 2.89. The lowest BCUT2D eigenvalue weighted by Gasteiger charge is -2.12. The van der Waals surface area contributed by atoms with Crippen LogP contribution in [0.1, 0.15) is 17.4 Å². The molecule has 0 aliphatic rings. The maximum absolute atomic E-state index is 10.2. The highest BCUT2D eigenvalue weighted by molar-refractivity contribution is 9.10. The fourth-order valence-corrected chi connectivity index (χ4v) is 2.47. The van der Waals surface area contributed by atoms with E-state index in [9.17, 15) is 5.11 Å². The first kappa shape index (κ1) is 12.6. The zero-order valence-electron chi connectivity index (χ0n) is 9.27. The van der Waals surface area contributed by atoms with Gasteiger partial charge in [0.05, 0.1) is 16.4 Å². The lowest BCUT2D eigenvalue weighted by atomic mass is 10.1. The fourth-order valence-electron chi connectivity index (χ4n) is 1.74. The summed E-state index contributed by atoms with van der Waals surface area (Å²) in [5, 5.41) is 15.0. The summed E-state index contributed by atoms with van der Waals surface area (Å²) in [7, 11) is 1.81. The lowest BCUT2D eigenvalue weighted by molar-refractivity contribution is 0.168. The Hall–Kier alpha value is -0.840. The molecule has 0 aliphatic heterocycles. The Labute approximate surface area is 113 Å². The number of benzene rings is 1. The van der Waals surface area contributed by atoms with Crippen molar-refractivity contribution < 1.29 is 5.11 Å².